The molecule has 64 valence electrons. The van der Waals surface area contributed by atoms with Crippen molar-refractivity contribution in [3.8, 4) is 0 Å². The summed E-state index contributed by atoms with van der Waals surface area (Å²) < 4.78 is 5.13. The Hall–Kier alpha value is -1.57. The van der Waals surface area contributed by atoms with Gasteiger partial charge in [0.1, 0.15) is 12.0 Å². The van der Waals surface area contributed by atoms with E-state index in [0.717, 1.165) is 5.39 Å². The molecule has 1 heterocycles. The minimum Gasteiger partial charge on any atom is -0.460 e. The quantitative estimate of drug-likeness (QED) is 0.516. The topological polar surface area (TPSA) is 42.6 Å². The fourth-order valence-corrected chi connectivity index (χ4v) is 1.36. The summed E-state index contributed by atoms with van der Waals surface area (Å²) in [6, 6.07) is 5.26. The molecule has 0 saturated heterocycles. The molecule has 0 saturated carbocycles. The number of hydrogen-bond donors (Lipinski definition) is 0. The first-order valence-corrected chi connectivity index (χ1v) is 3.94. The van der Waals surface area contributed by atoms with Gasteiger partial charge < -0.3 is 4.42 Å². The third-order valence-electron chi connectivity index (χ3n) is 1.70. The van der Waals surface area contributed by atoms with Crippen molar-refractivity contribution >= 4 is 34.3 Å². The van der Waals surface area contributed by atoms with Gasteiger partial charge in [-0.15, -0.1) is 0 Å². The van der Waals surface area contributed by atoms with Gasteiger partial charge in [-0.1, -0.05) is 17.7 Å². The van der Waals surface area contributed by atoms with E-state index in [1.54, 1.807) is 18.2 Å². The van der Waals surface area contributed by atoms with E-state index < -0.39 is 0 Å². The van der Waals surface area contributed by atoms with Crippen LogP contribution in [0.1, 0.15) is 0 Å². The second kappa shape index (κ2) is 3.05. The largest absolute Gasteiger partial charge is 0.460 e. The van der Waals surface area contributed by atoms with Gasteiger partial charge in [-0.2, -0.15) is 4.99 Å². The molecule has 4 heteroatoms. The second-order valence-electron chi connectivity index (χ2n) is 2.44. The summed E-state index contributed by atoms with van der Waals surface area (Å²) >= 11 is 5.84. The number of halogens is 1. The number of furan rings is 1. The van der Waals surface area contributed by atoms with E-state index in [4.69, 9.17) is 16.0 Å². The minimum absolute atomic E-state index is 0.451. The molecule has 0 N–H and O–H groups in total. The number of nitrogens with zero attached hydrogens (tertiary/aromatic N) is 1. The smallest absolute Gasteiger partial charge is 0.240 e. The molecular weight excluding hydrogens is 190 g/mol. The monoisotopic (exact) mass is 193 g/mol. The van der Waals surface area contributed by atoms with Crippen LogP contribution in [0.4, 0.5) is 5.69 Å². The highest BCUT2D eigenvalue weighted by atomic mass is 35.5. The molecule has 0 aliphatic carbocycles. The van der Waals surface area contributed by atoms with E-state index in [1.165, 1.54) is 12.3 Å². The molecule has 0 radical (unpaired) electrons. The summed E-state index contributed by atoms with van der Waals surface area (Å²) in [4.78, 5) is 13.5. The molecule has 0 atom stereocenters. The van der Waals surface area contributed by atoms with Crippen molar-refractivity contribution < 1.29 is 9.21 Å². The Morgan fingerprint density at radius 3 is 3.08 bits per heavy atom. The van der Waals surface area contributed by atoms with Gasteiger partial charge >= 0.3 is 0 Å². The lowest BCUT2D eigenvalue weighted by atomic mass is 10.2. The van der Waals surface area contributed by atoms with Crippen molar-refractivity contribution in [3.05, 3.63) is 29.5 Å². The maximum atomic E-state index is 10.0. The van der Waals surface area contributed by atoms with Gasteiger partial charge in [-0.05, 0) is 12.1 Å². The fourth-order valence-electron chi connectivity index (χ4n) is 1.14. The van der Waals surface area contributed by atoms with E-state index in [-0.39, 0.29) is 0 Å². The number of fused-ring (bicyclic) bond motifs is 1. The van der Waals surface area contributed by atoms with Crippen molar-refractivity contribution in [2.24, 2.45) is 4.99 Å². The standard InChI is InChI=1S/C9H4ClNO2/c10-7-3-1-2-6-8(11-5-12)4-13-9(6)7/h1-4H. The highest BCUT2D eigenvalue weighted by Crippen LogP contribution is 2.32. The molecule has 0 bridgehead atoms. The lowest BCUT2D eigenvalue weighted by Gasteiger charge is -1.89. The van der Waals surface area contributed by atoms with E-state index >= 15 is 0 Å². The molecule has 2 rings (SSSR count). The number of benzene rings is 1. The summed E-state index contributed by atoms with van der Waals surface area (Å²) in [5.74, 6) is 0. The van der Waals surface area contributed by atoms with Gasteiger partial charge in [0.25, 0.3) is 0 Å². The molecule has 0 unspecified atom stereocenters. The number of isocyanates is 1. The predicted molar refractivity (Wildman–Crippen MR) is 49.0 cm³/mol. The minimum atomic E-state index is 0.451. The molecule has 13 heavy (non-hydrogen) atoms. The molecule has 2 aromatic rings. The summed E-state index contributed by atoms with van der Waals surface area (Å²) in [5.41, 5.74) is 0.991. The van der Waals surface area contributed by atoms with Crippen LogP contribution in [-0.4, -0.2) is 6.08 Å². The van der Waals surface area contributed by atoms with Gasteiger partial charge in [0.05, 0.1) is 5.02 Å². The molecule has 0 spiro atoms. The van der Waals surface area contributed by atoms with E-state index in [0.29, 0.717) is 16.3 Å². The van der Waals surface area contributed by atoms with Gasteiger partial charge in [0, 0.05) is 5.39 Å². The zero-order valence-corrected chi connectivity index (χ0v) is 7.21. The Morgan fingerprint density at radius 2 is 2.31 bits per heavy atom. The molecule has 1 aromatic heterocycles. The van der Waals surface area contributed by atoms with Crippen molar-refractivity contribution in [2.75, 3.05) is 0 Å². The zero-order chi connectivity index (χ0) is 9.26. The maximum Gasteiger partial charge on any atom is 0.240 e. The van der Waals surface area contributed by atoms with Gasteiger partial charge in [0.2, 0.25) is 6.08 Å². The number of para-hydroxylation sites is 1. The van der Waals surface area contributed by atoms with Crippen LogP contribution in [0.15, 0.2) is 33.9 Å². The number of rotatable bonds is 1. The lowest BCUT2D eigenvalue weighted by molar-refractivity contribution is 0.565. The van der Waals surface area contributed by atoms with Crippen LogP contribution in [0, 0.1) is 0 Å². The second-order valence-corrected chi connectivity index (χ2v) is 2.85. The summed E-state index contributed by atoms with van der Waals surface area (Å²) in [7, 11) is 0. The van der Waals surface area contributed by atoms with Gasteiger partial charge in [-0.25, -0.2) is 4.79 Å². The molecule has 3 nitrogen and oxygen atoms in total. The highest BCUT2D eigenvalue weighted by Gasteiger charge is 2.06. The summed E-state index contributed by atoms with van der Waals surface area (Å²) in [5, 5.41) is 1.22. The van der Waals surface area contributed by atoms with Crippen molar-refractivity contribution in [1.82, 2.24) is 0 Å². The number of carbonyl (C=O) groups excluding carboxylic acids is 1. The molecule has 0 aliphatic heterocycles. The fraction of sp³-hybridized carbons (Fsp3) is 0. The highest BCUT2D eigenvalue weighted by molar-refractivity contribution is 6.35. The van der Waals surface area contributed by atoms with Crippen molar-refractivity contribution in [1.29, 1.82) is 0 Å². The van der Waals surface area contributed by atoms with Crippen molar-refractivity contribution in [2.45, 2.75) is 0 Å². The van der Waals surface area contributed by atoms with E-state index in [1.807, 2.05) is 0 Å². The predicted octanol–water partition coefficient (Wildman–Crippen LogP) is 3.05. The Labute approximate surface area is 78.6 Å². The molecule has 0 amide bonds. The van der Waals surface area contributed by atoms with Crippen LogP contribution >= 0.6 is 11.6 Å². The molecule has 1 aromatic carbocycles. The van der Waals surface area contributed by atoms with Crippen molar-refractivity contribution in [3.63, 3.8) is 0 Å². The first kappa shape index (κ1) is 8.05. The Bertz CT molecular complexity index is 497. The third-order valence-corrected chi connectivity index (χ3v) is 2.00. The summed E-state index contributed by atoms with van der Waals surface area (Å²) in [6.45, 7) is 0. The summed E-state index contributed by atoms with van der Waals surface area (Å²) in [6.07, 6.45) is 2.83. The van der Waals surface area contributed by atoms with Crippen LogP contribution in [-0.2, 0) is 4.79 Å². The first-order valence-electron chi connectivity index (χ1n) is 3.56. The zero-order valence-electron chi connectivity index (χ0n) is 6.45. The Kier molecular flexibility index (Phi) is 1.89. The number of hydrogen-bond acceptors (Lipinski definition) is 3. The maximum absolute atomic E-state index is 10.0. The van der Waals surface area contributed by atoms with E-state index in [9.17, 15) is 4.79 Å². The first-order chi connectivity index (χ1) is 6.33. The average Bonchev–Trinajstić information content (AvgIpc) is 2.51. The molecule has 0 aliphatic rings. The third kappa shape index (κ3) is 1.24. The van der Waals surface area contributed by atoms with E-state index in [2.05, 4.69) is 4.99 Å². The van der Waals surface area contributed by atoms with Crippen LogP contribution in [0.3, 0.4) is 0 Å². The van der Waals surface area contributed by atoms with Gasteiger partial charge in [0.15, 0.2) is 5.58 Å². The van der Waals surface area contributed by atoms with Crippen LogP contribution < -0.4 is 0 Å². The van der Waals surface area contributed by atoms with Crippen LogP contribution in [0.5, 0.6) is 0 Å². The normalized spacial score (nSPS) is 9.92. The number of aliphatic imine (C=N–C) groups is 1. The van der Waals surface area contributed by atoms with Gasteiger partial charge in [-0.3, -0.25) is 0 Å². The van der Waals surface area contributed by atoms with Crippen LogP contribution in [0.2, 0.25) is 5.02 Å². The Morgan fingerprint density at radius 1 is 1.46 bits per heavy atom. The molecular formula is C9H4ClNO2. The van der Waals surface area contributed by atoms with Crippen LogP contribution in [0.25, 0.3) is 11.0 Å². The average molecular weight is 194 g/mol. The lowest BCUT2D eigenvalue weighted by Crippen LogP contribution is -1.65. The molecule has 0 fully saturated rings. The SMILES string of the molecule is O=C=Nc1coc2c(Cl)cccc12. The Balaban J connectivity index is 2.82.